The van der Waals surface area contributed by atoms with Crippen LogP contribution in [0.5, 0.6) is 0 Å². The Balaban J connectivity index is 1.70. The third kappa shape index (κ3) is 14.3. The van der Waals surface area contributed by atoms with Gasteiger partial charge in [0.05, 0.1) is 24.7 Å². The predicted octanol–water partition coefficient (Wildman–Crippen LogP) is 6.90. The van der Waals surface area contributed by atoms with Crippen LogP contribution in [0.15, 0.2) is 90.6 Å². The van der Waals surface area contributed by atoms with Gasteiger partial charge in [-0.2, -0.15) is 0 Å². The van der Waals surface area contributed by atoms with E-state index in [9.17, 15) is 39.3 Å². The van der Waals surface area contributed by atoms with E-state index in [0.29, 0.717) is 43.2 Å². The molecule has 13 heteroatoms. The van der Waals surface area contributed by atoms with Crippen molar-refractivity contribution in [1.29, 1.82) is 0 Å². The number of piperidine rings is 1. The second-order valence-corrected chi connectivity index (χ2v) is 18.6. The normalized spacial score (nSPS) is 35.5. The molecule has 4 rings (SSSR count). The van der Waals surface area contributed by atoms with Gasteiger partial charge in [-0.1, -0.05) is 107 Å². The molecular weight excluding hydrogens is 831 g/mol. The number of carbonyl (C=O) groups is 5. The molecule has 2 saturated heterocycles. The van der Waals surface area contributed by atoms with E-state index in [0.717, 1.165) is 10.5 Å². The molecule has 1 aromatic carbocycles. The molecular formula is C52H73NO12. The van der Waals surface area contributed by atoms with E-state index in [4.69, 9.17) is 18.9 Å². The van der Waals surface area contributed by atoms with E-state index < -0.39 is 83.9 Å². The van der Waals surface area contributed by atoms with Crippen LogP contribution in [0.3, 0.4) is 0 Å². The second kappa shape index (κ2) is 25.0. The summed E-state index contributed by atoms with van der Waals surface area (Å²) in [5.74, 6) is -8.58. The van der Waals surface area contributed by atoms with Crippen LogP contribution in [0.1, 0.15) is 112 Å². The van der Waals surface area contributed by atoms with Crippen LogP contribution < -0.4 is 0 Å². The number of methoxy groups -OCH3 is 1. The summed E-state index contributed by atoms with van der Waals surface area (Å²) < 4.78 is 24.1. The van der Waals surface area contributed by atoms with Gasteiger partial charge in [0.1, 0.15) is 36.2 Å². The van der Waals surface area contributed by atoms with Crippen LogP contribution in [-0.4, -0.2) is 112 Å². The third-order valence-corrected chi connectivity index (χ3v) is 13.1. The number of allylic oxidation sites excluding steroid dienone is 7. The highest BCUT2D eigenvalue weighted by molar-refractivity contribution is 6.39. The number of hydrogen-bond acceptors (Lipinski definition) is 12. The minimum atomic E-state index is -2.49. The fraction of sp³-hybridized carbons (Fsp3) is 0.596. The Hall–Kier alpha value is -4.37. The Morgan fingerprint density at radius 2 is 1.66 bits per heavy atom. The van der Waals surface area contributed by atoms with Gasteiger partial charge in [-0.25, -0.2) is 4.79 Å². The smallest absolute Gasteiger partial charge is 0.329 e. The van der Waals surface area contributed by atoms with Crippen molar-refractivity contribution in [3.05, 3.63) is 96.2 Å². The summed E-state index contributed by atoms with van der Waals surface area (Å²) in [5, 5.41) is 34.4. The number of hydrogen-bond donors (Lipinski definition) is 3. The third-order valence-electron chi connectivity index (χ3n) is 13.1. The zero-order chi connectivity index (χ0) is 48.0. The number of carbonyl (C=O) groups excluding carboxylic acids is 5. The van der Waals surface area contributed by atoms with Gasteiger partial charge in [0.15, 0.2) is 5.78 Å². The molecule has 0 spiro atoms. The number of esters is 1. The summed E-state index contributed by atoms with van der Waals surface area (Å²) in [5.41, 5.74) is 1.80. The van der Waals surface area contributed by atoms with E-state index in [1.165, 1.54) is 19.3 Å². The molecule has 2 bridgehead atoms. The van der Waals surface area contributed by atoms with Crippen molar-refractivity contribution in [3.8, 4) is 0 Å². The van der Waals surface area contributed by atoms with Crippen molar-refractivity contribution in [2.75, 3.05) is 20.3 Å². The Labute approximate surface area is 385 Å². The van der Waals surface area contributed by atoms with Crippen LogP contribution in [0.25, 0.3) is 0 Å². The zero-order valence-corrected chi connectivity index (χ0v) is 39.6. The first-order chi connectivity index (χ1) is 30.8. The predicted molar refractivity (Wildman–Crippen MR) is 247 cm³/mol. The minimum Gasteiger partial charge on any atom is -0.460 e. The molecule has 358 valence electrons. The molecule has 0 aliphatic carbocycles. The maximum atomic E-state index is 14.2. The molecule has 65 heavy (non-hydrogen) atoms. The number of benzene rings is 1. The molecule has 0 radical (unpaired) electrons. The Kier molecular flexibility index (Phi) is 20.4. The molecule has 3 heterocycles. The number of amides is 1. The fourth-order valence-corrected chi connectivity index (χ4v) is 8.76. The number of cyclic esters (lactones) is 1. The zero-order valence-electron chi connectivity index (χ0n) is 39.6. The maximum Gasteiger partial charge on any atom is 0.329 e. The highest BCUT2D eigenvalue weighted by atomic mass is 16.6. The molecule has 0 aromatic heterocycles. The Morgan fingerprint density at radius 1 is 0.954 bits per heavy atom. The van der Waals surface area contributed by atoms with Crippen LogP contribution in [0, 0.1) is 29.6 Å². The van der Waals surface area contributed by atoms with Crippen LogP contribution >= 0.6 is 0 Å². The van der Waals surface area contributed by atoms with E-state index in [1.54, 1.807) is 46.8 Å². The van der Waals surface area contributed by atoms with E-state index in [2.05, 4.69) is 6.58 Å². The summed E-state index contributed by atoms with van der Waals surface area (Å²) >= 11 is 0. The lowest BCUT2D eigenvalue weighted by Gasteiger charge is -2.42. The number of nitrogens with zero attached hydrogens (tertiary/aromatic N) is 1. The van der Waals surface area contributed by atoms with E-state index in [-0.39, 0.29) is 55.8 Å². The van der Waals surface area contributed by atoms with Gasteiger partial charge >= 0.3 is 5.97 Å². The molecule has 3 aliphatic heterocycles. The van der Waals surface area contributed by atoms with Crippen molar-refractivity contribution in [2.45, 2.75) is 148 Å². The topological polar surface area (TPSA) is 186 Å². The average Bonchev–Trinajstić information content (AvgIpc) is 3.29. The highest BCUT2D eigenvalue weighted by Gasteiger charge is 2.53. The van der Waals surface area contributed by atoms with E-state index in [1.807, 2.05) is 62.4 Å². The monoisotopic (exact) mass is 904 g/mol. The van der Waals surface area contributed by atoms with Gasteiger partial charge in [0.2, 0.25) is 5.79 Å². The van der Waals surface area contributed by atoms with Crippen LogP contribution in [-0.2, 0) is 42.9 Å². The summed E-state index contributed by atoms with van der Waals surface area (Å²) in [6.07, 6.45) is 9.25. The standard InChI is InChI=1S/C52H73NO12/c1-10-38-28-36(7)47(57)48(62-9)46(56)35(6)27-33(4)19-13-11-14-20-34(5)45(63-31-43(55)39-21-15-12-16-22-39)29-40-25-24-37(8)52(61,65-40)49(58)50(59)53-26-18-17-23-41(53)51(60)64-44(32(2)3)30-42(38)54/h10-16,19-22,28,32-33,35,37-38,40-41,43-45,47-48,55,57,61H,1,17-18,23-27,29-31H2,2-9H3/b14-11+,19-13+,34-20+,36-28+/t33-,35-,37-,38-,40+,41?,43+,44+,45?,47-,48+,52-/m1/s1. The van der Waals surface area contributed by atoms with Crippen molar-refractivity contribution in [3.63, 3.8) is 0 Å². The highest BCUT2D eigenvalue weighted by Crippen LogP contribution is 2.37. The lowest BCUT2D eigenvalue weighted by molar-refractivity contribution is -0.266. The number of fused-ring (bicyclic) bond motifs is 3. The SMILES string of the molecule is C=C[C@@H]1/C=C(\C)[C@@H](O)[C@@H](OC)C(=O)[C@H](C)C[C@H](C)/C=C/C=C/C=C(\C)C(OC[C@H](O)c2ccccc2)C[C@@H]2CC[C@@H](C)[C@@](O)(O2)C(=O)C(=O)N2CCCCC2C(=O)O[C@H](C(C)C)CC1=O. The molecule has 1 amide bonds. The number of ketones is 3. The van der Waals surface area contributed by atoms with Gasteiger partial charge in [0.25, 0.3) is 11.7 Å². The number of aliphatic hydroxyl groups is 3. The molecule has 12 atom stereocenters. The maximum absolute atomic E-state index is 14.2. The number of Topliss-reactive ketones (excluding diaryl/α,β-unsaturated/α-hetero) is 3. The summed E-state index contributed by atoms with van der Waals surface area (Å²) in [6, 6.07) is 7.97. The second-order valence-electron chi connectivity index (χ2n) is 18.6. The van der Waals surface area contributed by atoms with Gasteiger partial charge < -0.3 is 39.2 Å². The fourth-order valence-electron chi connectivity index (χ4n) is 8.76. The first-order valence-electron chi connectivity index (χ1n) is 23.2. The molecule has 0 saturated carbocycles. The Morgan fingerprint density at radius 3 is 2.32 bits per heavy atom. The lowest BCUT2D eigenvalue weighted by Crippen LogP contribution is -2.61. The number of aliphatic hydroxyl groups excluding tert-OH is 2. The molecule has 2 unspecified atom stereocenters. The van der Waals surface area contributed by atoms with Crippen molar-refractivity contribution in [2.24, 2.45) is 29.6 Å². The van der Waals surface area contributed by atoms with Gasteiger partial charge in [0, 0.05) is 38.3 Å². The summed E-state index contributed by atoms with van der Waals surface area (Å²) in [6.45, 7) is 16.4. The number of rotatable bonds is 7. The molecule has 3 N–H and O–H groups in total. The average molecular weight is 904 g/mol. The van der Waals surface area contributed by atoms with Crippen molar-refractivity contribution in [1.82, 2.24) is 4.90 Å². The molecule has 13 nitrogen and oxygen atoms in total. The van der Waals surface area contributed by atoms with Gasteiger partial charge in [-0.15, -0.1) is 6.58 Å². The van der Waals surface area contributed by atoms with Crippen LogP contribution in [0.4, 0.5) is 0 Å². The molecule has 2 fully saturated rings. The minimum absolute atomic E-state index is 0.0211. The summed E-state index contributed by atoms with van der Waals surface area (Å²) in [4.78, 5) is 71.0. The molecule has 1 aromatic rings. The molecule has 3 aliphatic rings. The van der Waals surface area contributed by atoms with E-state index >= 15 is 0 Å². The summed E-state index contributed by atoms with van der Waals surface area (Å²) in [7, 11) is 1.36. The lowest BCUT2D eigenvalue weighted by atomic mass is 9.85. The van der Waals surface area contributed by atoms with Crippen molar-refractivity contribution >= 4 is 29.2 Å². The van der Waals surface area contributed by atoms with Gasteiger partial charge in [-0.3, -0.25) is 19.2 Å². The first kappa shape index (κ1) is 53.2. The Bertz CT molecular complexity index is 1920. The quantitative estimate of drug-likeness (QED) is 0.146. The first-order valence-corrected chi connectivity index (χ1v) is 23.2. The van der Waals surface area contributed by atoms with Crippen molar-refractivity contribution < 1.29 is 58.2 Å². The van der Waals surface area contributed by atoms with Crippen LogP contribution in [0.2, 0.25) is 0 Å². The number of ether oxygens (including phenoxy) is 4. The largest absolute Gasteiger partial charge is 0.460 e. The van der Waals surface area contributed by atoms with Gasteiger partial charge in [-0.05, 0) is 80.9 Å².